The minimum absolute atomic E-state index is 0.238. The molecule has 0 aromatic rings. The normalized spacial score (nSPS) is 30.1. The second-order valence-corrected chi connectivity index (χ2v) is 3.92. The van der Waals surface area contributed by atoms with Crippen LogP contribution < -0.4 is 5.32 Å². The van der Waals surface area contributed by atoms with Crippen LogP contribution in [0.15, 0.2) is 0 Å². The van der Waals surface area contributed by atoms with Gasteiger partial charge in [0.1, 0.15) is 0 Å². The Bertz CT molecular complexity index is 202. The van der Waals surface area contributed by atoms with Crippen LogP contribution in [0.4, 0.5) is 0 Å². The van der Waals surface area contributed by atoms with Gasteiger partial charge in [-0.05, 0) is 25.8 Å². The molecule has 4 heteroatoms. The maximum atomic E-state index is 11.7. The first-order chi connectivity index (χ1) is 6.88. The highest BCUT2D eigenvalue weighted by atomic mass is 16.5. The molecule has 2 aliphatic heterocycles. The Labute approximate surface area is 84.6 Å². The van der Waals surface area contributed by atoms with E-state index < -0.39 is 0 Å². The van der Waals surface area contributed by atoms with Crippen molar-refractivity contribution in [2.75, 3.05) is 26.3 Å². The van der Waals surface area contributed by atoms with Crippen LogP contribution in [0.3, 0.4) is 0 Å². The summed E-state index contributed by atoms with van der Waals surface area (Å²) in [6.07, 6.45) is 4.35. The molecule has 0 bridgehead atoms. The third-order valence-electron chi connectivity index (χ3n) is 2.92. The lowest BCUT2D eigenvalue weighted by Crippen LogP contribution is -2.51. The molecule has 0 spiro atoms. The number of rotatable bonds is 1. The number of hydrogen-bond acceptors (Lipinski definition) is 3. The van der Waals surface area contributed by atoms with E-state index in [4.69, 9.17) is 4.74 Å². The molecule has 0 saturated carbocycles. The van der Waals surface area contributed by atoms with Crippen molar-refractivity contribution in [1.82, 2.24) is 10.2 Å². The molecule has 1 unspecified atom stereocenters. The molecule has 2 rings (SSSR count). The van der Waals surface area contributed by atoms with E-state index in [2.05, 4.69) is 5.32 Å². The van der Waals surface area contributed by atoms with E-state index in [1.165, 1.54) is 12.8 Å². The van der Waals surface area contributed by atoms with Crippen molar-refractivity contribution < 1.29 is 9.53 Å². The quantitative estimate of drug-likeness (QED) is 0.660. The zero-order valence-corrected chi connectivity index (χ0v) is 8.50. The summed E-state index contributed by atoms with van der Waals surface area (Å²) in [6.45, 7) is 3.05. The molecule has 1 amide bonds. The van der Waals surface area contributed by atoms with Gasteiger partial charge in [0.15, 0.2) is 0 Å². The van der Waals surface area contributed by atoms with Crippen LogP contribution >= 0.6 is 0 Å². The van der Waals surface area contributed by atoms with Gasteiger partial charge in [0.2, 0.25) is 5.91 Å². The maximum Gasteiger partial charge on any atom is 0.226 e. The predicted molar refractivity (Wildman–Crippen MR) is 52.8 cm³/mol. The Kier molecular flexibility index (Phi) is 3.37. The summed E-state index contributed by atoms with van der Waals surface area (Å²) in [5, 5.41) is 3.40. The summed E-state index contributed by atoms with van der Waals surface area (Å²) in [5.41, 5.74) is 0. The SMILES string of the molecule is O=C1CCOCCN1C1CCCCN1. The molecule has 2 aliphatic rings. The minimum Gasteiger partial charge on any atom is -0.379 e. The molecule has 1 atom stereocenters. The molecule has 1 N–H and O–H groups in total. The summed E-state index contributed by atoms with van der Waals surface area (Å²) in [5.74, 6) is 0.238. The fraction of sp³-hybridized carbons (Fsp3) is 0.900. The lowest BCUT2D eigenvalue weighted by Gasteiger charge is -2.34. The van der Waals surface area contributed by atoms with Crippen LogP contribution in [0.1, 0.15) is 25.7 Å². The number of carbonyl (C=O) groups excluding carboxylic acids is 1. The van der Waals surface area contributed by atoms with Gasteiger partial charge in [-0.25, -0.2) is 0 Å². The van der Waals surface area contributed by atoms with E-state index in [1.807, 2.05) is 4.90 Å². The third kappa shape index (κ3) is 2.25. The molecule has 2 fully saturated rings. The van der Waals surface area contributed by atoms with Gasteiger partial charge < -0.3 is 9.64 Å². The Balaban J connectivity index is 1.95. The highest BCUT2D eigenvalue weighted by Crippen LogP contribution is 2.13. The van der Waals surface area contributed by atoms with Crippen molar-refractivity contribution in [3.05, 3.63) is 0 Å². The average Bonchev–Trinajstić information content (AvgIpc) is 2.44. The molecule has 14 heavy (non-hydrogen) atoms. The van der Waals surface area contributed by atoms with Crippen molar-refractivity contribution >= 4 is 5.91 Å². The number of nitrogens with zero attached hydrogens (tertiary/aromatic N) is 1. The van der Waals surface area contributed by atoms with Crippen LogP contribution in [-0.2, 0) is 9.53 Å². The second-order valence-electron chi connectivity index (χ2n) is 3.92. The lowest BCUT2D eigenvalue weighted by molar-refractivity contribution is -0.133. The Morgan fingerprint density at radius 1 is 1.36 bits per heavy atom. The summed E-state index contributed by atoms with van der Waals surface area (Å²) in [4.78, 5) is 13.7. The van der Waals surface area contributed by atoms with Gasteiger partial charge in [0.05, 0.1) is 25.8 Å². The van der Waals surface area contributed by atoms with Crippen LogP contribution in [-0.4, -0.2) is 43.3 Å². The zero-order valence-electron chi connectivity index (χ0n) is 8.50. The standard InChI is InChI=1S/C10H18N2O2/c13-10-4-7-14-8-6-12(10)9-3-1-2-5-11-9/h9,11H,1-8H2. The molecule has 0 radical (unpaired) electrons. The van der Waals surface area contributed by atoms with E-state index in [1.54, 1.807) is 0 Å². The molecule has 0 aromatic heterocycles. The second kappa shape index (κ2) is 4.75. The van der Waals surface area contributed by atoms with Crippen molar-refractivity contribution in [1.29, 1.82) is 0 Å². The largest absolute Gasteiger partial charge is 0.379 e. The van der Waals surface area contributed by atoms with E-state index in [-0.39, 0.29) is 12.1 Å². The molecule has 0 aromatic carbocycles. The van der Waals surface area contributed by atoms with E-state index in [0.29, 0.717) is 19.6 Å². The first kappa shape index (κ1) is 9.93. The Morgan fingerprint density at radius 2 is 2.29 bits per heavy atom. The minimum atomic E-state index is 0.238. The molecular formula is C10H18N2O2. The summed E-state index contributed by atoms with van der Waals surface area (Å²) >= 11 is 0. The molecule has 2 heterocycles. The number of piperidine rings is 1. The number of ether oxygens (including phenoxy) is 1. The third-order valence-corrected chi connectivity index (χ3v) is 2.92. The number of hydrogen-bond donors (Lipinski definition) is 1. The highest BCUT2D eigenvalue weighted by molar-refractivity contribution is 5.76. The van der Waals surface area contributed by atoms with E-state index in [9.17, 15) is 4.79 Å². The van der Waals surface area contributed by atoms with Crippen molar-refractivity contribution in [2.24, 2.45) is 0 Å². The van der Waals surface area contributed by atoms with Crippen LogP contribution in [0.25, 0.3) is 0 Å². The Hall–Kier alpha value is -0.610. The first-order valence-electron chi connectivity index (χ1n) is 5.48. The zero-order chi connectivity index (χ0) is 9.80. The Morgan fingerprint density at radius 3 is 3.07 bits per heavy atom. The fourth-order valence-corrected chi connectivity index (χ4v) is 2.12. The molecule has 4 nitrogen and oxygen atoms in total. The van der Waals surface area contributed by atoms with Gasteiger partial charge in [0.25, 0.3) is 0 Å². The number of carbonyl (C=O) groups is 1. The average molecular weight is 198 g/mol. The van der Waals surface area contributed by atoms with Crippen molar-refractivity contribution in [3.63, 3.8) is 0 Å². The lowest BCUT2D eigenvalue weighted by atomic mass is 10.1. The van der Waals surface area contributed by atoms with Gasteiger partial charge in [-0.3, -0.25) is 10.1 Å². The molecular weight excluding hydrogens is 180 g/mol. The first-order valence-corrected chi connectivity index (χ1v) is 5.48. The monoisotopic (exact) mass is 198 g/mol. The van der Waals surface area contributed by atoms with Gasteiger partial charge in [-0.15, -0.1) is 0 Å². The number of amides is 1. The van der Waals surface area contributed by atoms with Gasteiger partial charge in [-0.1, -0.05) is 0 Å². The topological polar surface area (TPSA) is 41.6 Å². The smallest absolute Gasteiger partial charge is 0.226 e. The fourth-order valence-electron chi connectivity index (χ4n) is 2.12. The summed E-state index contributed by atoms with van der Waals surface area (Å²) in [7, 11) is 0. The van der Waals surface area contributed by atoms with Crippen LogP contribution in [0.5, 0.6) is 0 Å². The number of nitrogens with one attached hydrogen (secondary N) is 1. The van der Waals surface area contributed by atoms with Gasteiger partial charge in [-0.2, -0.15) is 0 Å². The van der Waals surface area contributed by atoms with Crippen molar-refractivity contribution in [2.45, 2.75) is 31.8 Å². The molecule has 80 valence electrons. The highest BCUT2D eigenvalue weighted by Gasteiger charge is 2.25. The van der Waals surface area contributed by atoms with Crippen molar-refractivity contribution in [3.8, 4) is 0 Å². The molecule has 0 aliphatic carbocycles. The van der Waals surface area contributed by atoms with Gasteiger partial charge in [0, 0.05) is 6.54 Å². The summed E-state index contributed by atoms with van der Waals surface area (Å²) < 4.78 is 5.30. The predicted octanol–water partition coefficient (Wildman–Crippen LogP) is 0.335. The van der Waals surface area contributed by atoms with Gasteiger partial charge >= 0.3 is 0 Å². The maximum absolute atomic E-state index is 11.7. The van der Waals surface area contributed by atoms with E-state index >= 15 is 0 Å². The summed E-state index contributed by atoms with van der Waals surface area (Å²) in [6, 6.07) is 0. The van der Waals surface area contributed by atoms with Crippen LogP contribution in [0, 0.1) is 0 Å². The van der Waals surface area contributed by atoms with Crippen LogP contribution in [0.2, 0.25) is 0 Å². The van der Waals surface area contributed by atoms with E-state index in [0.717, 1.165) is 19.5 Å². The molecule has 2 saturated heterocycles.